The van der Waals surface area contributed by atoms with Gasteiger partial charge in [0.25, 0.3) is 0 Å². The van der Waals surface area contributed by atoms with Gasteiger partial charge in [0.2, 0.25) is 6.29 Å². The van der Waals surface area contributed by atoms with E-state index in [1.807, 2.05) is 0 Å². The standard InChI is InChI=1S/C13H18O7/c1-6(14)20-13(2)4-8(15)9-7(11(16)18-3)5-19-12(17)10(9)13/h5,8-10,12,15,17H,4H2,1-3H3/t8-,9+,10-,12+,13+/m1/s1. The molecule has 0 aromatic rings. The van der Waals surface area contributed by atoms with Crippen LogP contribution in [0.4, 0.5) is 0 Å². The van der Waals surface area contributed by atoms with Crippen LogP contribution in [-0.4, -0.2) is 47.3 Å². The zero-order valence-corrected chi connectivity index (χ0v) is 11.5. The van der Waals surface area contributed by atoms with Gasteiger partial charge < -0.3 is 24.4 Å². The number of hydrogen-bond acceptors (Lipinski definition) is 7. The normalized spacial score (nSPS) is 39.4. The van der Waals surface area contributed by atoms with Crippen molar-refractivity contribution in [2.24, 2.45) is 11.8 Å². The summed E-state index contributed by atoms with van der Waals surface area (Å²) in [6.45, 7) is 2.85. The Kier molecular flexibility index (Phi) is 3.75. The van der Waals surface area contributed by atoms with Gasteiger partial charge in [0.1, 0.15) is 5.60 Å². The Bertz CT molecular complexity index is 458. The highest BCUT2D eigenvalue weighted by Crippen LogP contribution is 2.50. The van der Waals surface area contributed by atoms with Gasteiger partial charge in [-0.05, 0) is 6.92 Å². The van der Waals surface area contributed by atoms with Crippen LogP contribution >= 0.6 is 0 Å². The molecular formula is C13H18O7. The van der Waals surface area contributed by atoms with Gasteiger partial charge in [-0.25, -0.2) is 4.79 Å². The lowest BCUT2D eigenvalue weighted by atomic mass is 9.80. The Morgan fingerprint density at radius 3 is 2.65 bits per heavy atom. The predicted molar refractivity (Wildman–Crippen MR) is 65.0 cm³/mol. The second kappa shape index (κ2) is 5.06. The molecule has 7 nitrogen and oxygen atoms in total. The summed E-state index contributed by atoms with van der Waals surface area (Å²) in [7, 11) is 1.22. The molecule has 20 heavy (non-hydrogen) atoms. The smallest absolute Gasteiger partial charge is 0.337 e. The SMILES string of the molecule is COC(=O)C1=CO[C@H](O)[C@H]2[C@@H]1[C@H](O)C[C@]2(C)OC(C)=O. The maximum absolute atomic E-state index is 11.7. The van der Waals surface area contributed by atoms with E-state index in [0.717, 1.165) is 6.26 Å². The molecule has 0 radical (unpaired) electrons. The summed E-state index contributed by atoms with van der Waals surface area (Å²) in [6.07, 6.45) is -1.000. The van der Waals surface area contributed by atoms with E-state index < -0.39 is 41.8 Å². The van der Waals surface area contributed by atoms with Crippen LogP contribution in [0.2, 0.25) is 0 Å². The summed E-state index contributed by atoms with van der Waals surface area (Å²) < 4.78 is 14.9. The number of methoxy groups -OCH3 is 1. The average molecular weight is 286 g/mol. The predicted octanol–water partition coefficient (Wildman–Crippen LogP) is -0.289. The first kappa shape index (κ1) is 14.8. The van der Waals surface area contributed by atoms with Crippen LogP contribution in [0.15, 0.2) is 11.8 Å². The van der Waals surface area contributed by atoms with E-state index >= 15 is 0 Å². The Morgan fingerprint density at radius 2 is 2.10 bits per heavy atom. The van der Waals surface area contributed by atoms with Gasteiger partial charge >= 0.3 is 11.9 Å². The minimum absolute atomic E-state index is 0.108. The van der Waals surface area contributed by atoms with Gasteiger partial charge in [0.05, 0.1) is 31.0 Å². The van der Waals surface area contributed by atoms with Crippen LogP contribution in [0.1, 0.15) is 20.3 Å². The van der Waals surface area contributed by atoms with Crippen LogP contribution in [0.25, 0.3) is 0 Å². The Morgan fingerprint density at radius 1 is 1.45 bits per heavy atom. The van der Waals surface area contributed by atoms with Gasteiger partial charge in [0.15, 0.2) is 0 Å². The maximum atomic E-state index is 11.7. The first-order valence-electron chi connectivity index (χ1n) is 6.29. The fourth-order valence-corrected chi connectivity index (χ4v) is 3.22. The summed E-state index contributed by atoms with van der Waals surface area (Å²) in [6, 6.07) is 0. The highest BCUT2D eigenvalue weighted by molar-refractivity contribution is 5.89. The van der Waals surface area contributed by atoms with Crippen molar-refractivity contribution < 1.29 is 34.0 Å². The van der Waals surface area contributed by atoms with E-state index in [0.29, 0.717) is 0 Å². The number of esters is 2. The fourth-order valence-electron chi connectivity index (χ4n) is 3.22. The maximum Gasteiger partial charge on any atom is 0.337 e. The largest absolute Gasteiger partial charge is 0.472 e. The van der Waals surface area contributed by atoms with E-state index in [1.54, 1.807) is 6.92 Å². The number of aliphatic hydroxyl groups is 2. The molecule has 0 saturated heterocycles. The molecule has 0 aromatic heterocycles. The molecule has 1 aliphatic carbocycles. The summed E-state index contributed by atoms with van der Waals surface area (Å²) in [5.41, 5.74) is -0.978. The number of carbonyl (C=O) groups is 2. The van der Waals surface area contributed by atoms with Crippen molar-refractivity contribution in [1.82, 2.24) is 0 Å². The average Bonchev–Trinajstić information content (AvgIpc) is 2.60. The van der Waals surface area contributed by atoms with E-state index in [2.05, 4.69) is 4.74 Å². The number of rotatable bonds is 2. The summed E-state index contributed by atoms with van der Waals surface area (Å²) >= 11 is 0. The van der Waals surface area contributed by atoms with Crippen molar-refractivity contribution in [1.29, 1.82) is 0 Å². The van der Waals surface area contributed by atoms with Crippen molar-refractivity contribution in [2.45, 2.75) is 38.3 Å². The number of fused-ring (bicyclic) bond motifs is 1. The van der Waals surface area contributed by atoms with Crippen LogP contribution in [0.5, 0.6) is 0 Å². The van der Waals surface area contributed by atoms with Gasteiger partial charge in [0, 0.05) is 19.3 Å². The third-order valence-electron chi connectivity index (χ3n) is 3.92. The molecule has 0 amide bonds. The molecule has 1 heterocycles. The molecule has 0 aromatic carbocycles. The highest BCUT2D eigenvalue weighted by atomic mass is 16.6. The molecule has 0 unspecified atom stereocenters. The van der Waals surface area contributed by atoms with Gasteiger partial charge in [-0.2, -0.15) is 0 Å². The van der Waals surface area contributed by atoms with Crippen molar-refractivity contribution >= 4 is 11.9 Å². The third kappa shape index (κ3) is 2.27. The first-order chi connectivity index (χ1) is 9.30. The minimum atomic E-state index is -1.27. The fraction of sp³-hybridized carbons (Fsp3) is 0.692. The highest BCUT2D eigenvalue weighted by Gasteiger charge is 2.60. The molecule has 112 valence electrons. The third-order valence-corrected chi connectivity index (χ3v) is 3.92. The second-order valence-electron chi connectivity index (χ2n) is 5.32. The van der Waals surface area contributed by atoms with Crippen LogP contribution in [-0.2, 0) is 23.8 Å². The molecule has 1 saturated carbocycles. The van der Waals surface area contributed by atoms with E-state index in [1.165, 1.54) is 14.0 Å². The minimum Gasteiger partial charge on any atom is -0.472 e. The molecule has 2 N–H and O–H groups in total. The molecule has 7 heteroatoms. The van der Waals surface area contributed by atoms with Gasteiger partial charge in [-0.1, -0.05) is 0 Å². The van der Waals surface area contributed by atoms with Crippen molar-refractivity contribution in [2.75, 3.05) is 7.11 Å². The Hall–Kier alpha value is -1.60. The van der Waals surface area contributed by atoms with Crippen molar-refractivity contribution in [3.05, 3.63) is 11.8 Å². The van der Waals surface area contributed by atoms with E-state index in [4.69, 9.17) is 9.47 Å². The molecular weight excluding hydrogens is 268 g/mol. The van der Waals surface area contributed by atoms with Crippen LogP contribution in [0.3, 0.4) is 0 Å². The van der Waals surface area contributed by atoms with Gasteiger partial charge in [-0.15, -0.1) is 0 Å². The first-order valence-corrected chi connectivity index (χ1v) is 6.29. The van der Waals surface area contributed by atoms with E-state index in [9.17, 15) is 19.8 Å². The monoisotopic (exact) mass is 286 g/mol. The number of ether oxygens (including phenoxy) is 3. The van der Waals surface area contributed by atoms with Crippen LogP contribution in [0, 0.1) is 11.8 Å². The number of aliphatic hydroxyl groups excluding tert-OH is 2. The lowest BCUT2D eigenvalue weighted by Crippen LogP contribution is -2.47. The van der Waals surface area contributed by atoms with E-state index in [-0.39, 0.29) is 12.0 Å². The molecule has 0 spiro atoms. The molecule has 1 aliphatic heterocycles. The van der Waals surface area contributed by atoms with Crippen molar-refractivity contribution in [3.63, 3.8) is 0 Å². The lowest BCUT2D eigenvalue weighted by molar-refractivity contribution is -0.189. The zero-order valence-electron chi connectivity index (χ0n) is 11.5. The van der Waals surface area contributed by atoms with Crippen molar-refractivity contribution in [3.8, 4) is 0 Å². The molecule has 2 rings (SSSR count). The summed E-state index contributed by atoms with van der Waals surface area (Å²) in [4.78, 5) is 23.0. The van der Waals surface area contributed by atoms with Crippen LogP contribution < -0.4 is 0 Å². The Balaban J connectivity index is 2.38. The molecule has 0 bridgehead atoms. The molecule has 1 fully saturated rings. The second-order valence-corrected chi connectivity index (χ2v) is 5.32. The number of hydrogen-bond donors (Lipinski definition) is 2. The zero-order chi connectivity index (χ0) is 15.1. The summed E-state index contributed by atoms with van der Waals surface area (Å²) in [5, 5.41) is 20.2. The molecule has 5 atom stereocenters. The Labute approximate surface area is 116 Å². The number of carbonyl (C=O) groups excluding carboxylic acids is 2. The molecule has 2 aliphatic rings. The lowest BCUT2D eigenvalue weighted by Gasteiger charge is -2.38. The quantitative estimate of drug-likeness (QED) is 0.672. The van der Waals surface area contributed by atoms with Gasteiger partial charge in [-0.3, -0.25) is 4.79 Å². The topological polar surface area (TPSA) is 102 Å². The summed E-state index contributed by atoms with van der Waals surface area (Å²) in [5.74, 6) is -2.60.